The van der Waals surface area contributed by atoms with Gasteiger partial charge in [0.05, 0.1) is 5.56 Å². The molecule has 5 heteroatoms. The second kappa shape index (κ2) is 6.63. The lowest BCUT2D eigenvalue weighted by Gasteiger charge is -2.35. The minimum Gasteiger partial charge on any atom is -0.508 e. The molecule has 1 heterocycles. The van der Waals surface area contributed by atoms with Crippen molar-refractivity contribution in [1.82, 2.24) is 10.2 Å². The third-order valence-corrected chi connectivity index (χ3v) is 3.69. The average molecular weight is 278 g/mol. The summed E-state index contributed by atoms with van der Waals surface area (Å²) in [7, 11) is 0. The standard InChI is InChI=1S/C15H22N2O3/c1-2-3-4-12(17-7-5-16-6-8-17)15-13(19)9-11(18)10-14(15)20/h2,9-10,12,16,18-20H,1,3-8H2/t12-/m1/s1. The van der Waals surface area contributed by atoms with E-state index in [0.29, 0.717) is 5.56 Å². The van der Waals surface area contributed by atoms with Gasteiger partial charge < -0.3 is 20.6 Å². The highest BCUT2D eigenvalue weighted by Crippen LogP contribution is 2.41. The summed E-state index contributed by atoms with van der Waals surface area (Å²) >= 11 is 0. The Morgan fingerprint density at radius 2 is 1.80 bits per heavy atom. The van der Waals surface area contributed by atoms with E-state index >= 15 is 0 Å². The Hall–Kier alpha value is -1.72. The molecule has 0 saturated carbocycles. The SMILES string of the molecule is C=CCC[C@H](c1c(O)cc(O)cc1O)N1CCNCC1. The highest BCUT2D eigenvalue weighted by molar-refractivity contribution is 5.50. The van der Waals surface area contributed by atoms with Gasteiger partial charge in [-0.2, -0.15) is 0 Å². The fraction of sp³-hybridized carbons (Fsp3) is 0.467. The largest absolute Gasteiger partial charge is 0.508 e. The lowest BCUT2D eigenvalue weighted by atomic mass is 9.97. The zero-order valence-corrected chi connectivity index (χ0v) is 11.5. The first kappa shape index (κ1) is 14.7. The number of hydrogen-bond acceptors (Lipinski definition) is 5. The van der Waals surface area contributed by atoms with E-state index in [1.807, 2.05) is 6.08 Å². The van der Waals surface area contributed by atoms with Gasteiger partial charge in [0.15, 0.2) is 0 Å². The summed E-state index contributed by atoms with van der Waals surface area (Å²) in [6.07, 6.45) is 3.41. The molecular weight excluding hydrogens is 256 g/mol. The van der Waals surface area contributed by atoms with Crippen LogP contribution >= 0.6 is 0 Å². The van der Waals surface area contributed by atoms with Crippen LogP contribution in [0.4, 0.5) is 0 Å². The molecule has 20 heavy (non-hydrogen) atoms. The predicted molar refractivity (Wildman–Crippen MR) is 78.1 cm³/mol. The number of allylic oxidation sites excluding steroid dienone is 1. The fourth-order valence-corrected chi connectivity index (χ4v) is 2.73. The van der Waals surface area contributed by atoms with Crippen molar-refractivity contribution in [1.29, 1.82) is 0 Å². The van der Waals surface area contributed by atoms with Crippen LogP contribution in [0, 0.1) is 0 Å². The number of nitrogens with zero attached hydrogens (tertiary/aromatic N) is 1. The van der Waals surface area contributed by atoms with Gasteiger partial charge in [0.25, 0.3) is 0 Å². The minimum absolute atomic E-state index is 0.0601. The molecular formula is C15H22N2O3. The third-order valence-electron chi connectivity index (χ3n) is 3.69. The third kappa shape index (κ3) is 3.23. The molecule has 2 rings (SSSR count). The molecule has 0 radical (unpaired) electrons. The molecule has 0 amide bonds. The number of aromatic hydroxyl groups is 3. The maximum absolute atomic E-state index is 10.1. The summed E-state index contributed by atoms with van der Waals surface area (Å²) in [6.45, 7) is 7.25. The molecule has 1 aliphatic heterocycles. The smallest absolute Gasteiger partial charge is 0.127 e. The van der Waals surface area contributed by atoms with Gasteiger partial charge in [0.2, 0.25) is 0 Å². The van der Waals surface area contributed by atoms with Crippen LogP contribution in [0.15, 0.2) is 24.8 Å². The molecule has 0 aromatic heterocycles. The van der Waals surface area contributed by atoms with Crippen molar-refractivity contribution in [3.63, 3.8) is 0 Å². The van der Waals surface area contributed by atoms with Crippen molar-refractivity contribution >= 4 is 0 Å². The highest BCUT2D eigenvalue weighted by Gasteiger charge is 2.26. The van der Waals surface area contributed by atoms with Gasteiger partial charge in [-0.3, -0.25) is 4.90 Å². The quantitative estimate of drug-likeness (QED) is 0.617. The normalized spacial score (nSPS) is 17.8. The number of nitrogens with one attached hydrogen (secondary N) is 1. The zero-order chi connectivity index (χ0) is 14.5. The van der Waals surface area contributed by atoms with E-state index in [9.17, 15) is 15.3 Å². The topological polar surface area (TPSA) is 76.0 Å². The van der Waals surface area contributed by atoms with Gasteiger partial charge in [-0.15, -0.1) is 6.58 Å². The minimum atomic E-state index is -0.133. The average Bonchev–Trinajstić information content (AvgIpc) is 2.42. The Balaban J connectivity index is 2.32. The Labute approximate surface area is 119 Å². The molecule has 0 unspecified atom stereocenters. The molecule has 1 fully saturated rings. The van der Waals surface area contributed by atoms with Crippen molar-refractivity contribution in [3.05, 3.63) is 30.4 Å². The van der Waals surface area contributed by atoms with Crippen LogP contribution in [-0.2, 0) is 0 Å². The van der Waals surface area contributed by atoms with Gasteiger partial charge in [-0.1, -0.05) is 6.08 Å². The zero-order valence-electron chi connectivity index (χ0n) is 11.5. The van der Waals surface area contributed by atoms with E-state index in [4.69, 9.17) is 0 Å². The Morgan fingerprint density at radius 3 is 2.35 bits per heavy atom. The van der Waals surface area contributed by atoms with E-state index in [-0.39, 0.29) is 23.3 Å². The van der Waals surface area contributed by atoms with Crippen LogP contribution in [0.25, 0.3) is 0 Å². The lowest BCUT2D eigenvalue weighted by molar-refractivity contribution is 0.161. The molecule has 1 aromatic rings. The van der Waals surface area contributed by atoms with Gasteiger partial charge in [0, 0.05) is 44.4 Å². The number of hydrogen-bond donors (Lipinski definition) is 4. The Bertz CT molecular complexity index is 447. The number of benzene rings is 1. The van der Waals surface area contributed by atoms with Crippen molar-refractivity contribution in [3.8, 4) is 17.2 Å². The van der Waals surface area contributed by atoms with E-state index in [0.717, 1.165) is 39.0 Å². The molecule has 0 spiro atoms. The second-order valence-electron chi connectivity index (χ2n) is 5.07. The molecule has 1 atom stereocenters. The first-order chi connectivity index (χ1) is 9.63. The molecule has 1 aromatic carbocycles. The monoisotopic (exact) mass is 278 g/mol. The maximum atomic E-state index is 10.1. The van der Waals surface area contributed by atoms with Crippen LogP contribution in [-0.4, -0.2) is 46.4 Å². The Kier molecular flexibility index (Phi) is 4.87. The molecule has 0 aliphatic carbocycles. The Morgan fingerprint density at radius 1 is 1.20 bits per heavy atom. The second-order valence-corrected chi connectivity index (χ2v) is 5.07. The summed E-state index contributed by atoms with van der Waals surface area (Å²) < 4.78 is 0. The summed E-state index contributed by atoms with van der Waals surface area (Å²) in [5.41, 5.74) is 0.492. The van der Waals surface area contributed by atoms with Crippen LogP contribution in [0.2, 0.25) is 0 Å². The molecule has 110 valence electrons. The fourth-order valence-electron chi connectivity index (χ4n) is 2.73. The number of phenols is 3. The van der Waals surface area contributed by atoms with Gasteiger partial charge >= 0.3 is 0 Å². The predicted octanol–water partition coefficient (Wildman–Crippen LogP) is 1.72. The van der Waals surface area contributed by atoms with E-state index in [1.54, 1.807) is 0 Å². The van der Waals surface area contributed by atoms with Crippen molar-refractivity contribution in [2.75, 3.05) is 26.2 Å². The molecule has 5 nitrogen and oxygen atoms in total. The number of phenolic OH excluding ortho intramolecular Hbond substituents is 3. The number of piperazine rings is 1. The maximum Gasteiger partial charge on any atom is 0.127 e. The van der Waals surface area contributed by atoms with Gasteiger partial charge in [0.1, 0.15) is 17.2 Å². The van der Waals surface area contributed by atoms with Crippen LogP contribution in [0.5, 0.6) is 17.2 Å². The van der Waals surface area contributed by atoms with Crippen molar-refractivity contribution < 1.29 is 15.3 Å². The first-order valence-electron chi connectivity index (χ1n) is 6.94. The molecule has 1 saturated heterocycles. The van der Waals surface area contributed by atoms with Gasteiger partial charge in [-0.25, -0.2) is 0 Å². The van der Waals surface area contributed by atoms with Crippen LogP contribution < -0.4 is 5.32 Å². The summed E-state index contributed by atoms with van der Waals surface area (Å²) in [6, 6.07) is 2.48. The van der Waals surface area contributed by atoms with Crippen molar-refractivity contribution in [2.24, 2.45) is 0 Å². The molecule has 0 bridgehead atoms. The summed E-state index contributed by atoms with van der Waals surface area (Å²) in [4.78, 5) is 2.24. The van der Waals surface area contributed by atoms with Crippen LogP contribution in [0.3, 0.4) is 0 Å². The lowest BCUT2D eigenvalue weighted by Crippen LogP contribution is -2.45. The van der Waals surface area contributed by atoms with Crippen molar-refractivity contribution in [2.45, 2.75) is 18.9 Å². The summed E-state index contributed by atoms with van der Waals surface area (Å²) in [5.74, 6) is -0.253. The van der Waals surface area contributed by atoms with E-state index in [1.165, 1.54) is 12.1 Å². The summed E-state index contributed by atoms with van der Waals surface area (Å²) in [5, 5.41) is 32.9. The highest BCUT2D eigenvalue weighted by atomic mass is 16.3. The van der Waals surface area contributed by atoms with Crippen LogP contribution in [0.1, 0.15) is 24.4 Å². The van der Waals surface area contributed by atoms with E-state index in [2.05, 4.69) is 16.8 Å². The van der Waals surface area contributed by atoms with E-state index < -0.39 is 0 Å². The molecule has 1 aliphatic rings. The molecule has 4 N–H and O–H groups in total. The number of rotatable bonds is 5. The first-order valence-corrected chi connectivity index (χ1v) is 6.94. The van der Waals surface area contributed by atoms with Gasteiger partial charge in [-0.05, 0) is 12.8 Å².